The summed E-state index contributed by atoms with van der Waals surface area (Å²) in [4.78, 5) is 2.30. The molecule has 1 N–H and O–H groups in total. The number of nitrogens with one attached hydrogen (secondary N) is 1. The Hall–Kier alpha value is -1.34. The molecule has 7 heteroatoms. The van der Waals surface area contributed by atoms with Crippen LogP contribution in [0.3, 0.4) is 0 Å². The molecular formula is C20H30F4N2O. The lowest BCUT2D eigenvalue weighted by atomic mass is 9.89. The molecule has 0 atom stereocenters. The zero-order chi connectivity index (χ0) is 19.7. The Morgan fingerprint density at radius 3 is 2.26 bits per heavy atom. The number of likely N-dealkylation sites (tertiary alicyclic amines) is 1. The second-order valence-electron chi connectivity index (χ2n) is 7.13. The van der Waals surface area contributed by atoms with Gasteiger partial charge in [-0.05, 0) is 82.4 Å². The molecule has 154 valence electrons. The van der Waals surface area contributed by atoms with Crippen LogP contribution in [0.2, 0.25) is 0 Å². The molecule has 0 spiro atoms. The number of hydrogen-bond donors (Lipinski definition) is 1. The van der Waals surface area contributed by atoms with E-state index in [-0.39, 0.29) is 5.92 Å². The number of rotatable bonds is 4. The van der Waals surface area contributed by atoms with Crippen molar-refractivity contribution in [1.29, 1.82) is 0 Å². The smallest absolute Gasteiger partial charge is 0.403 e. The van der Waals surface area contributed by atoms with Crippen molar-refractivity contribution in [2.45, 2.75) is 57.7 Å². The van der Waals surface area contributed by atoms with Crippen LogP contribution < -0.4 is 10.1 Å². The number of halogens is 4. The van der Waals surface area contributed by atoms with Crippen LogP contribution in [-0.2, 0) is 0 Å². The number of alkyl halides is 3. The quantitative estimate of drug-likeness (QED) is 0.726. The van der Waals surface area contributed by atoms with Gasteiger partial charge in [-0.1, -0.05) is 25.5 Å². The number of hydrogen-bond acceptors (Lipinski definition) is 3. The summed E-state index contributed by atoms with van der Waals surface area (Å²) in [6.07, 6.45) is 1.92. The highest BCUT2D eigenvalue weighted by atomic mass is 19.4. The topological polar surface area (TPSA) is 24.5 Å². The molecule has 0 amide bonds. The minimum absolute atomic E-state index is 0.0464. The van der Waals surface area contributed by atoms with Gasteiger partial charge in [0.25, 0.3) is 0 Å². The van der Waals surface area contributed by atoms with Crippen LogP contribution in [-0.4, -0.2) is 44.0 Å². The third-order valence-corrected chi connectivity index (χ3v) is 4.99. The molecule has 0 unspecified atom stereocenters. The van der Waals surface area contributed by atoms with Crippen LogP contribution in [0, 0.1) is 5.82 Å². The van der Waals surface area contributed by atoms with Gasteiger partial charge < -0.3 is 15.0 Å². The Kier molecular flexibility index (Phi) is 8.83. The zero-order valence-corrected chi connectivity index (χ0v) is 16.0. The van der Waals surface area contributed by atoms with Gasteiger partial charge in [0, 0.05) is 0 Å². The van der Waals surface area contributed by atoms with E-state index in [4.69, 9.17) is 0 Å². The third kappa shape index (κ3) is 7.66. The Morgan fingerprint density at radius 2 is 1.78 bits per heavy atom. The highest BCUT2D eigenvalue weighted by Gasteiger charge is 2.33. The van der Waals surface area contributed by atoms with Crippen LogP contribution in [0.25, 0.3) is 0 Å². The average molecular weight is 390 g/mol. The normalized spacial score (nSPS) is 19.3. The predicted octanol–water partition coefficient (Wildman–Crippen LogP) is 5.07. The number of benzene rings is 1. The number of ether oxygens (including phenoxy) is 1. The summed E-state index contributed by atoms with van der Waals surface area (Å²) < 4.78 is 54.6. The van der Waals surface area contributed by atoms with Gasteiger partial charge in [-0.3, -0.25) is 0 Å². The maximum absolute atomic E-state index is 14.2. The maximum atomic E-state index is 14.2. The Bertz CT molecular complexity index is 542. The van der Waals surface area contributed by atoms with Crippen LogP contribution >= 0.6 is 0 Å². The molecule has 0 aliphatic carbocycles. The average Bonchev–Trinajstić information content (AvgIpc) is 2.65. The number of piperidine rings is 2. The van der Waals surface area contributed by atoms with E-state index in [0.717, 1.165) is 45.0 Å². The van der Waals surface area contributed by atoms with Crippen molar-refractivity contribution in [2.24, 2.45) is 0 Å². The van der Waals surface area contributed by atoms with Crippen molar-refractivity contribution in [1.82, 2.24) is 10.2 Å². The molecule has 2 aliphatic rings. The summed E-state index contributed by atoms with van der Waals surface area (Å²) in [7, 11) is 0. The van der Waals surface area contributed by atoms with Crippen LogP contribution in [0.5, 0.6) is 5.75 Å². The molecule has 27 heavy (non-hydrogen) atoms. The summed E-state index contributed by atoms with van der Waals surface area (Å²) in [5, 5.41) is 3.28. The van der Waals surface area contributed by atoms with E-state index in [1.165, 1.54) is 38.4 Å². The minimum atomic E-state index is -4.87. The van der Waals surface area contributed by atoms with Crippen LogP contribution in [0.15, 0.2) is 18.2 Å². The van der Waals surface area contributed by atoms with Gasteiger partial charge >= 0.3 is 6.36 Å². The standard InChI is InChI=1S/C15H19F4NO.C5H11N/c1-2-8-20-9-6-11(7-10-20)12-4-3-5-13(14(12)16)21-15(17,18)19;1-2-4-6-5-3-1/h3-5,11H,2,6-10H2,1H3;6H,1-5H2. The van der Waals surface area contributed by atoms with Crippen LogP contribution in [0.1, 0.15) is 56.9 Å². The molecule has 2 saturated heterocycles. The van der Waals surface area contributed by atoms with E-state index in [2.05, 4.69) is 21.9 Å². The Balaban J connectivity index is 0.000000369. The second-order valence-corrected chi connectivity index (χ2v) is 7.13. The monoisotopic (exact) mass is 390 g/mol. The highest BCUT2D eigenvalue weighted by Crippen LogP contribution is 2.35. The van der Waals surface area contributed by atoms with Gasteiger partial charge in [0.1, 0.15) is 0 Å². The van der Waals surface area contributed by atoms with Crippen molar-refractivity contribution >= 4 is 0 Å². The minimum Gasteiger partial charge on any atom is -0.403 e. The molecule has 2 aliphatic heterocycles. The zero-order valence-electron chi connectivity index (χ0n) is 16.0. The molecule has 0 bridgehead atoms. The molecule has 3 nitrogen and oxygen atoms in total. The fourth-order valence-corrected chi connectivity index (χ4v) is 3.63. The van der Waals surface area contributed by atoms with E-state index >= 15 is 0 Å². The van der Waals surface area contributed by atoms with Gasteiger partial charge in [0.05, 0.1) is 0 Å². The lowest BCUT2D eigenvalue weighted by molar-refractivity contribution is -0.275. The highest BCUT2D eigenvalue weighted by molar-refractivity contribution is 5.33. The lowest BCUT2D eigenvalue weighted by Gasteiger charge is -2.32. The number of nitrogens with zero attached hydrogens (tertiary/aromatic N) is 1. The van der Waals surface area contributed by atoms with Crippen molar-refractivity contribution in [3.05, 3.63) is 29.6 Å². The van der Waals surface area contributed by atoms with Crippen molar-refractivity contribution in [3.63, 3.8) is 0 Å². The first-order valence-corrected chi connectivity index (χ1v) is 9.88. The van der Waals surface area contributed by atoms with Crippen LogP contribution in [0.4, 0.5) is 17.6 Å². The molecule has 3 rings (SSSR count). The molecule has 0 saturated carbocycles. The van der Waals surface area contributed by atoms with E-state index in [0.29, 0.717) is 5.56 Å². The van der Waals surface area contributed by atoms with Gasteiger partial charge in [-0.25, -0.2) is 4.39 Å². The van der Waals surface area contributed by atoms with Gasteiger partial charge in [-0.2, -0.15) is 0 Å². The van der Waals surface area contributed by atoms with Crippen molar-refractivity contribution in [3.8, 4) is 5.75 Å². The first-order chi connectivity index (χ1) is 12.9. The van der Waals surface area contributed by atoms with Gasteiger partial charge in [0.15, 0.2) is 11.6 Å². The fourth-order valence-electron chi connectivity index (χ4n) is 3.63. The van der Waals surface area contributed by atoms with Crippen molar-refractivity contribution in [2.75, 3.05) is 32.7 Å². The van der Waals surface area contributed by atoms with Crippen molar-refractivity contribution < 1.29 is 22.3 Å². The summed E-state index contributed by atoms with van der Waals surface area (Å²) in [5.41, 5.74) is 0.327. The van der Waals surface area contributed by atoms with E-state index in [1.807, 2.05) is 0 Å². The second kappa shape index (κ2) is 10.9. The third-order valence-electron chi connectivity index (χ3n) is 4.99. The first-order valence-electron chi connectivity index (χ1n) is 9.88. The van der Waals surface area contributed by atoms with Gasteiger partial charge in [0.2, 0.25) is 0 Å². The first kappa shape index (κ1) is 22.0. The summed E-state index contributed by atoms with van der Waals surface area (Å²) in [6, 6.07) is 3.98. The van der Waals surface area contributed by atoms with Gasteiger partial charge in [-0.15, -0.1) is 13.2 Å². The van der Waals surface area contributed by atoms with E-state index < -0.39 is 17.9 Å². The summed E-state index contributed by atoms with van der Waals surface area (Å²) in [5.74, 6) is -1.67. The predicted molar refractivity (Wildman–Crippen MR) is 98.5 cm³/mol. The Labute approximate surface area is 159 Å². The van der Waals surface area contributed by atoms with E-state index in [1.54, 1.807) is 6.07 Å². The molecule has 1 aromatic rings. The molecule has 0 radical (unpaired) electrons. The fraction of sp³-hybridized carbons (Fsp3) is 0.700. The summed E-state index contributed by atoms with van der Waals surface area (Å²) in [6.45, 7) is 7.31. The van der Waals surface area contributed by atoms with E-state index in [9.17, 15) is 17.6 Å². The molecule has 2 fully saturated rings. The maximum Gasteiger partial charge on any atom is 0.573 e. The largest absolute Gasteiger partial charge is 0.573 e. The lowest BCUT2D eigenvalue weighted by Crippen LogP contribution is -2.33. The SMILES string of the molecule is C1CCNCC1.CCCN1CCC(c2cccc(OC(F)(F)F)c2F)CC1. The molecular weight excluding hydrogens is 360 g/mol. The molecule has 0 aromatic heterocycles. The Morgan fingerprint density at radius 1 is 1.11 bits per heavy atom. The summed E-state index contributed by atoms with van der Waals surface area (Å²) >= 11 is 0. The molecule has 2 heterocycles. The molecule has 1 aromatic carbocycles.